The summed E-state index contributed by atoms with van der Waals surface area (Å²) in [6, 6.07) is 9.11. The molecule has 4 unspecified atom stereocenters. The van der Waals surface area contributed by atoms with E-state index in [1.54, 1.807) is 11.1 Å². The molecule has 0 bridgehead atoms. The molecule has 0 radical (unpaired) electrons. The van der Waals surface area contributed by atoms with Gasteiger partial charge < -0.3 is 10.5 Å². The quantitative estimate of drug-likeness (QED) is 0.810. The van der Waals surface area contributed by atoms with Gasteiger partial charge in [-0.1, -0.05) is 31.2 Å². The van der Waals surface area contributed by atoms with Gasteiger partial charge in [-0.15, -0.1) is 0 Å². The van der Waals surface area contributed by atoms with Crippen LogP contribution in [0.4, 0.5) is 0 Å². The molecule has 0 aliphatic heterocycles. The minimum Gasteiger partial charge on any atom is -0.380 e. The maximum Gasteiger partial charge on any atom is 0.0620 e. The number of hydrogen-bond donors (Lipinski definition) is 1. The van der Waals surface area contributed by atoms with Crippen LogP contribution in [0.2, 0.25) is 0 Å². The minimum atomic E-state index is 0.220. The van der Waals surface area contributed by atoms with E-state index in [1.165, 1.54) is 12.8 Å². The summed E-state index contributed by atoms with van der Waals surface area (Å²) in [7, 11) is 0. The number of ether oxygens (including phenoxy) is 1. The van der Waals surface area contributed by atoms with E-state index >= 15 is 0 Å². The Morgan fingerprint density at radius 2 is 2.22 bits per heavy atom. The van der Waals surface area contributed by atoms with Crippen molar-refractivity contribution < 1.29 is 4.74 Å². The monoisotopic (exact) mass is 245 g/mol. The lowest BCUT2D eigenvalue weighted by molar-refractivity contribution is 0.114. The summed E-state index contributed by atoms with van der Waals surface area (Å²) in [5, 5.41) is 0. The van der Waals surface area contributed by atoms with Crippen molar-refractivity contribution in [1.82, 2.24) is 0 Å². The maximum atomic E-state index is 6.31. The predicted molar refractivity (Wildman–Crippen MR) is 73.6 cm³/mol. The fourth-order valence-corrected chi connectivity index (χ4v) is 3.68. The molecule has 2 aliphatic rings. The Hall–Kier alpha value is -0.860. The van der Waals surface area contributed by atoms with Crippen LogP contribution >= 0.6 is 0 Å². The first-order valence-electron chi connectivity index (χ1n) is 7.24. The van der Waals surface area contributed by atoms with Crippen LogP contribution < -0.4 is 5.73 Å². The van der Waals surface area contributed by atoms with Crippen molar-refractivity contribution in [3.63, 3.8) is 0 Å². The molecule has 18 heavy (non-hydrogen) atoms. The number of benzene rings is 1. The van der Waals surface area contributed by atoms with E-state index in [9.17, 15) is 0 Å². The van der Waals surface area contributed by atoms with Crippen LogP contribution in [0.5, 0.6) is 0 Å². The zero-order valence-electron chi connectivity index (χ0n) is 11.1. The Morgan fingerprint density at radius 1 is 1.39 bits per heavy atom. The first-order valence-corrected chi connectivity index (χ1v) is 7.24. The topological polar surface area (TPSA) is 35.2 Å². The van der Waals surface area contributed by atoms with Crippen LogP contribution in [-0.4, -0.2) is 19.3 Å². The number of rotatable bonds is 5. The molecule has 3 rings (SSSR count). The zero-order valence-corrected chi connectivity index (χ0v) is 11.1. The molecule has 0 saturated heterocycles. The van der Waals surface area contributed by atoms with E-state index in [0.717, 1.165) is 31.5 Å². The fraction of sp³-hybridized carbons (Fsp3) is 0.625. The first-order chi connectivity index (χ1) is 8.83. The summed E-state index contributed by atoms with van der Waals surface area (Å²) in [4.78, 5) is 0. The standard InChI is InChI=1S/C16H23NO/c1-2-9-18-10-14(17)16-13-8-7-11-5-3-4-6-12(11)15(13)16/h3-6,13-16H,2,7-10,17H2,1H3. The third-order valence-corrected chi connectivity index (χ3v) is 4.54. The Morgan fingerprint density at radius 3 is 3.06 bits per heavy atom. The molecule has 2 nitrogen and oxygen atoms in total. The zero-order chi connectivity index (χ0) is 12.5. The van der Waals surface area contributed by atoms with Gasteiger partial charge in [-0.25, -0.2) is 0 Å². The fourth-order valence-electron chi connectivity index (χ4n) is 3.68. The maximum absolute atomic E-state index is 6.31. The van der Waals surface area contributed by atoms with Crippen LogP contribution in [-0.2, 0) is 11.2 Å². The molecule has 2 aliphatic carbocycles. The summed E-state index contributed by atoms with van der Waals surface area (Å²) >= 11 is 0. The van der Waals surface area contributed by atoms with Crippen molar-refractivity contribution in [2.24, 2.45) is 17.6 Å². The second kappa shape index (κ2) is 5.02. The van der Waals surface area contributed by atoms with Crippen molar-refractivity contribution in [2.75, 3.05) is 13.2 Å². The summed E-state index contributed by atoms with van der Waals surface area (Å²) < 4.78 is 5.61. The lowest BCUT2D eigenvalue weighted by Crippen LogP contribution is -2.29. The van der Waals surface area contributed by atoms with Crippen molar-refractivity contribution in [2.45, 2.75) is 38.1 Å². The van der Waals surface area contributed by atoms with Gasteiger partial charge in [0.05, 0.1) is 6.61 Å². The van der Waals surface area contributed by atoms with Crippen LogP contribution in [0.1, 0.15) is 36.8 Å². The second-order valence-electron chi connectivity index (χ2n) is 5.74. The SMILES string of the molecule is CCCOCC(N)C1C2CCc3ccccc3C21. The van der Waals surface area contributed by atoms with Gasteiger partial charge >= 0.3 is 0 Å². The Kier molecular flexibility index (Phi) is 3.40. The summed E-state index contributed by atoms with van der Waals surface area (Å²) in [5.74, 6) is 2.20. The van der Waals surface area contributed by atoms with Gasteiger partial charge in [0, 0.05) is 12.6 Å². The third kappa shape index (κ3) is 2.08. The molecular weight excluding hydrogens is 222 g/mol. The molecule has 2 N–H and O–H groups in total. The highest BCUT2D eigenvalue weighted by atomic mass is 16.5. The van der Waals surface area contributed by atoms with Crippen LogP contribution in [0.15, 0.2) is 24.3 Å². The van der Waals surface area contributed by atoms with Crippen LogP contribution in [0.25, 0.3) is 0 Å². The summed E-state index contributed by atoms with van der Waals surface area (Å²) in [6.45, 7) is 3.71. The number of fused-ring (bicyclic) bond motifs is 3. The Balaban J connectivity index is 1.65. The number of hydrogen-bond acceptors (Lipinski definition) is 2. The highest BCUT2D eigenvalue weighted by molar-refractivity contribution is 5.39. The van der Waals surface area contributed by atoms with Crippen LogP contribution in [0.3, 0.4) is 0 Å². The van der Waals surface area contributed by atoms with Crippen LogP contribution in [0, 0.1) is 11.8 Å². The average Bonchev–Trinajstić information content (AvgIpc) is 3.14. The van der Waals surface area contributed by atoms with Gasteiger partial charge in [0.1, 0.15) is 0 Å². The van der Waals surface area contributed by atoms with E-state index in [2.05, 4.69) is 31.2 Å². The van der Waals surface area contributed by atoms with Gasteiger partial charge in [0.25, 0.3) is 0 Å². The van der Waals surface area contributed by atoms with E-state index in [4.69, 9.17) is 10.5 Å². The molecule has 0 spiro atoms. The van der Waals surface area contributed by atoms with E-state index in [-0.39, 0.29) is 6.04 Å². The van der Waals surface area contributed by atoms with Crippen molar-refractivity contribution in [1.29, 1.82) is 0 Å². The smallest absolute Gasteiger partial charge is 0.0620 e. The highest BCUT2D eigenvalue weighted by Crippen LogP contribution is 2.60. The molecule has 2 heteroatoms. The van der Waals surface area contributed by atoms with Crippen molar-refractivity contribution >= 4 is 0 Å². The lowest BCUT2D eigenvalue weighted by atomic mass is 9.92. The molecule has 1 aromatic rings. The van der Waals surface area contributed by atoms with Gasteiger partial charge in [-0.2, -0.15) is 0 Å². The molecule has 0 amide bonds. The molecule has 0 heterocycles. The Labute approximate surface area is 110 Å². The average molecular weight is 245 g/mol. The number of nitrogens with two attached hydrogens (primary N) is 1. The highest BCUT2D eigenvalue weighted by Gasteiger charge is 2.55. The lowest BCUT2D eigenvalue weighted by Gasteiger charge is -2.13. The van der Waals surface area contributed by atoms with E-state index in [0.29, 0.717) is 5.92 Å². The third-order valence-electron chi connectivity index (χ3n) is 4.54. The van der Waals surface area contributed by atoms with Gasteiger partial charge in [0.15, 0.2) is 0 Å². The first kappa shape index (κ1) is 12.2. The Bertz CT molecular complexity index is 417. The molecule has 1 aromatic carbocycles. The summed E-state index contributed by atoms with van der Waals surface area (Å²) in [6.07, 6.45) is 3.62. The van der Waals surface area contributed by atoms with Gasteiger partial charge in [0.2, 0.25) is 0 Å². The van der Waals surface area contributed by atoms with Gasteiger partial charge in [-0.3, -0.25) is 0 Å². The normalized spacial score (nSPS) is 30.4. The van der Waals surface area contributed by atoms with E-state index < -0.39 is 0 Å². The summed E-state index contributed by atoms with van der Waals surface area (Å²) in [5.41, 5.74) is 9.42. The minimum absolute atomic E-state index is 0.220. The second-order valence-corrected chi connectivity index (χ2v) is 5.74. The van der Waals surface area contributed by atoms with Crippen molar-refractivity contribution in [3.8, 4) is 0 Å². The molecule has 1 saturated carbocycles. The molecule has 1 fully saturated rings. The molecule has 0 aromatic heterocycles. The van der Waals surface area contributed by atoms with E-state index in [1.807, 2.05) is 0 Å². The van der Waals surface area contributed by atoms with Crippen molar-refractivity contribution in [3.05, 3.63) is 35.4 Å². The van der Waals surface area contributed by atoms with Gasteiger partial charge in [-0.05, 0) is 48.1 Å². The molecule has 4 atom stereocenters. The molecule has 98 valence electrons. The predicted octanol–water partition coefficient (Wildman–Crippen LogP) is 2.72. The number of aryl methyl sites for hydroxylation is 1. The molecular formula is C16H23NO. The largest absolute Gasteiger partial charge is 0.380 e.